The van der Waals surface area contributed by atoms with E-state index in [9.17, 15) is 0 Å². The molecule has 182 valence electrons. The second kappa shape index (κ2) is 12.7. The topological polar surface area (TPSA) is 75.2 Å². The van der Waals surface area contributed by atoms with Crippen LogP contribution in [0.4, 0.5) is 11.9 Å². The molecule has 2 heterocycles. The highest BCUT2D eigenvalue weighted by Crippen LogP contribution is 2.27. The molecule has 1 saturated heterocycles. The highest BCUT2D eigenvalue weighted by atomic mass is 16.5. The number of nitrogens with one attached hydrogen (secondary N) is 2. The lowest BCUT2D eigenvalue weighted by atomic mass is 9.90. The second-order valence-corrected chi connectivity index (χ2v) is 8.60. The van der Waals surface area contributed by atoms with Crippen LogP contribution in [0.25, 0.3) is 0 Å². The Labute approximate surface area is 208 Å². The van der Waals surface area contributed by atoms with Gasteiger partial charge in [0.15, 0.2) is 0 Å². The monoisotopic (exact) mass is 470 g/mol. The number of hydrogen-bond acceptors (Lipinski definition) is 7. The predicted molar refractivity (Wildman–Crippen MR) is 142 cm³/mol. The third-order valence-electron chi connectivity index (χ3n) is 6.08. The Kier molecular flexibility index (Phi) is 8.84. The molecule has 0 atom stereocenters. The van der Waals surface area contributed by atoms with E-state index in [1.54, 1.807) is 12.2 Å². The average Bonchev–Trinajstić information content (AvgIpc) is 2.91. The molecule has 0 unspecified atom stereocenters. The van der Waals surface area contributed by atoms with Crippen molar-refractivity contribution in [1.82, 2.24) is 19.9 Å². The molecule has 0 saturated carbocycles. The molecule has 1 fully saturated rings. The van der Waals surface area contributed by atoms with Crippen LogP contribution in [0.2, 0.25) is 0 Å². The number of aromatic nitrogens is 3. The summed E-state index contributed by atoms with van der Waals surface area (Å²) in [5.41, 5.74) is 2.70. The van der Waals surface area contributed by atoms with Gasteiger partial charge in [-0.25, -0.2) is 0 Å². The molecule has 3 aromatic rings. The molecule has 35 heavy (non-hydrogen) atoms. The average molecular weight is 471 g/mol. The van der Waals surface area contributed by atoms with Gasteiger partial charge in [0.2, 0.25) is 11.9 Å². The molecule has 7 nitrogen and oxygen atoms in total. The van der Waals surface area contributed by atoms with Gasteiger partial charge in [0.1, 0.15) is 6.10 Å². The lowest BCUT2D eigenvalue weighted by Gasteiger charge is -2.34. The summed E-state index contributed by atoms with van der Waals surface area (Å²) in [6.45, 7) is 11.5. The Hall–Kier alpha value is -3.71. The van der Waals surface area contributed by atoms with Crippen LogP contribution >= 0.6 is 0 Å². The maximum atomic E-state index is 6.20. The molecule has 1 aliphatic rings. The van der Waals surface area contributed by atoms with Crippen molar-refractivity contribution in [3.63, 3.8) is 0 Å². The van der Waals surface area contributed by atoms with Crippen LogP contribution in [0.15, 0.2) is 86.0 Å². The first kappa shape index (κ1) is 24.4. The van der Waals surface area contributed by atoms with E-state index in [0.717, 1.165) is 32.5 Å². The van der Waals surface area contributed by atoms with Crippen LogP contribution in [-0.2, 0) is 0 Å². The van der Waals surface area contributed by atoms with E-state index in [0.29, 0.717) is 36.9 Å². The third kappa shape index (κ3) is 7.13. The Bertz CT molecular complexity index is 998. The first-order valence-electron chi connectivity index (χ1n) is 12.2. The SMILES string of the molecule is C=CCNc1nc(NCC=C)nc(OC2CCN(CC(c3ccccc3)c3ccccc3)CC2)n1. The molecule has 0 bridgehead atoms. The first-order valence-corrected chi connectivity index (χ1v) is 12.2. The minimum absolute atomic E-state index is 0.0695. The zero-order chi connectivity index (χ0) is 24.3. The predicted octanol–water partition coefficient (Wildman–Crippen LogP) is 4.74. The molecular formula is C28H34N6O. The van der Waals surface area contributed by atoms with Crippen LogP contribution < -0.4 is 15.4 Å². The Balaban J connectivity index is 1.38. The summed E-state index contributed by atoms with van der Waals surface area (Å²) in [5, 5.41) is 6.23. The lowest BCUT2D eigenvalue weighted by Crippen LogP contribution is -2.40. The van der Waals surface area contributed by atoms with Crippen molar-refractivity contribution in [3.8, 4) is 6.01 Å². The van der Waals surface area contributed by atoms with E-state index >= 15 is 0 Å². The van der Waals surface area contributed by atoms with E-state index in [1.165, 1.54) is 11.1 Å². The summed E-state index contributed by atoms with van der Waals surface area (Å²) in [4.78, 5) is 15.8. The van der Waals surface area contributed by atoms with Gasteiger partial charge in [-0.3, -0.25) is 0 Å². The maximum absolute atomic E-state index is 6.20. The Morgan fingerprint density at radius 2 is 1.34 bits per heavy atom. The first-order chi connectivity index (χ1) is 17.2. The molecule has 0 amide bonds. The third-order valence-corrected chi connectivity index (χ3v) is 6.08. The molecule has 0 spiro atoms. The molecule has 1 aromatic heterocycles. The van der Waals surface area contributed by atoms with Crippen LogP contribution in [0.5, 0.6) is 6.01 Å². The summed E-state index contributed by atoms with van der Waals surface area (Å²) in [7, 11) is 0. The summed E-state index contributed by atoms with van der Waals surface area (Å²) in [6.07, 6.45) is 5.43. The van der Waals surface area contributed by atoms with Crippen molar-refractivity contribution >= 4 is 11.9 Å². The molecule has 1 aliphatic heterocycles. The number of rotatable bonds is 12. The van der Waals surface area contributed by atoms with Gasteiger partial charge in [0, 0.05) is 38.6 Å². The van der Waals surface area contributed by atoms with Crippen molar-refractivity contribution in [2.75, 3.05) is 43.4 Å². The van der Waals surface area contributed by atoms with Gasteiger partial charge in [-0.05, 0) is 24.0 Å². The Morgan fingerprint density at radius 1 is 0.829 bits per heavy atom. The Morgan fingerprint density at radius 3 is 1.83 bits per heavy atom. The van der Waals surface area contributed by atoms with Gasteiger partial charge in [-0.1, -0.05) is 72.8 Å². The molecule has 0 aliphatic carbocycles. The van der Waals surface area contributed by atoms with Crippen LogP contribution in [0.1, 0.15) is 29.9 Å². The van der Waals surface area contributed by atoms with Gasteiger partial charge in [0.25, 0.3) is 0 Å². The van der Waals surface area contributed by atoms with E-state index < -0.39 is 0 Å². The molecule has 2 aromatic carbocycles. The quantitative estimate of drug-likeness (QED) is 0.370. The molecule has 0 radical (unpaired) electrons. The number of likely N-dealkylation sites (tertiary alicyclic amines) is 1. The standard InChI is InChI=1S/C28H34N6O/c1-3-17-29-26-31-27(30-18-4-2)33-28(32-26)35-24-15-19-34(20-16-24)21-25(22-11-7-5-8-12-22)23-13-9-6-10-14-23/h3-14,24-25H,1-2,15-21H2,(H2,29,30,31,32,33). The lowest BCUT2D eigenvalue weighted by molar-refractivity contribution is 0.0913. The fraction of sp³-hybridized carbons (Fsp3) is 0.321. The highest BCUT2D eigenvalue weighted by molar-refractivity contribution is 5.37. The number of ether oxygens (including phenoxy) is 1. The van der Waals surface area contributed by atoms with Crippen LogP contribution in [0.3, 0.4) is 0 Å². The largest absolute Gasteiger partial charge is 0.460 e. The molecular weight excluding hydrogens is 436 g/mol. The summed E-state index contributed by atoms with van der Waals surface area (Å²) in [6, 6.07) is 21.9. The highest BCUT2D eigenvalue weighted by Gasteiger charge is 2.25. The van der Waals surface area contributed by atoms with Gasteiger partial charge < -0.3 is 20.3 Å². The molecule has 2 N–H and O–H groups in total. The number of hydrogen-bond donors (Lipinski definition) is 2. The number of piperidine rings is 1. The van der Waals surface area contributed by atoms with Crippen molar-refractivity contribution in [2.45, 2.75) is 24.9 Å². The smallest absolute Gasteiger partial charge is 0.323 e. The number of anilines is 2. The normalized spacial score (nSPS) is 14.4. The van der Waals surface area contributed by atoms with Crippen LogP contribution in [0, 0.1) is 0 Å². The number of nitrogens with zero attached hydrogens (tertiary/aromatic N) is 4. The van der Waals surface area contributed by atoms with E-state index in [4.69, 9.17) is 4.74 Å². The summed E-state index contributed by atoms with van der Waals surface area (Å²) < 4.78 is 6.20. The van der Waals surface area contributed by atoms with Crippen molar-refractivity contribution in [3.05, 3.63) is 97.1 Å². The zero-order valence-corrected chi connectivity index (χ0v) is 20.1. The fourth-order valence-electron chi connectivity index (χ4n) is 4.29. The van der Waals surface area contributed by atoms with Gasteiger partial charge in [-0.15, -0.1) is 13.2 Å². The summed E-state index contributed by atoms with van der Waals surface area (Å²) in [5.74, 6) is 1.27. The number of benzene rings is 2. The van der Waals surface area contributed by atoms with Gasteiger partial charge >= 0.3 is 6.01 Å². The second-order valence-electron chi connectivity index (χ2n) is 8.60. The van der Waals surface area contributed by atoms with Crippen molar-refractivity contribution < 1.29 is 4.74 Å². The minimum Gasteiger partial charge on any atom is -0.460 e. The van der Waals surface area contributed by atoms with E-state index in [-0.39, 0.29) is 6.10 Å². The van der Waals surface area contributed by atoms with Gasteiger partial charge in [-0.2, -0.15) is 15.0 Å². The van der Waals surface area contributed by atoms with Gasteiger partial charge in [0.05, 0.1) is 0 Å². The molecule has 7 heteroatoms. The fourth-order valence-corrected chi connectivity index (χ4v) is 4.29. The zero-order valence-electron chi connectivity index (χ0n) is 20.1. The van der Waals surface area contributed by atoms with Crippen LogP contribution in [-0.4, -0.2) is 58.7 Å². The van der Waals surface area contributed by atoms with Crippen molar-refractivity contribution in [1.29, 1.82) is 0 Å². The van der Waals surface area contributed by atoms with Crippen molar-refractivity contribution in [2.24, 2.45) is 0 Å². The summed E-state index contributed by atoms with van der Waals surface area (Å²) >= 11 is 0. The minimum atomic E-state index is 0.0695. The maximum Gasteiger partial charge on any atom is 0.323 e. The van der Waals surface area contributed by atoms with E-state index in [2.05, 4.69) is 104 Å². The van der Waals surface area contributed by atoms with E-state index in [1.807, 2.05) is 0 Å². The molecule has 4 rings (SSSR count).